The molecule has 1 fully saturated rings. The minimum absolute atomic E-state index is 0.146. The van der Waals surface area contributed by atoms with E-state index in [-0.39, 0.29) is 18.1 Å². The Balaban J connectivity index is 3.17. The Morgan fingerprint density at radius 2 is 1.75 bits per heavy atom. The predicted octanol–water partition coefficient (Wildman–Crippen LogP) is 3.22. The molecule has 0 saturated heterocycles. The van der Waals surface area contributed by atoms with E-state index in [9.17, 15) is 19.8 Å². The number of allylic oxidation sites excluding steroid dienone is 3. The molecule has 4 nitrogen and oxygen atoms in total. The van der Waals surface area contributed by atoms with Gasteiger partial charge in [-0.3, -0.25) is 9.59 Å². The Morgan fingerprint density at radius 1 is 1.21 bits per heavy atom. The zero-order valence-corrected chi connectivity index (χ0v) is 15.8. The number of hydrogen-bond acceptors (Lipinski definition) is 4. The molecule has 0 amide bonds. The summed E-state index contributed by atoms with van der Waals surface area (Å²) in [6.45, 7) is 11.2. The zero-order valence-electron chi connectivity index (χ0n) is 15.8. The van der Waals surface area contributed by atoms with E-state index in [1.165, 1.54) is 0 Å². The number of ketones is 2. The second kappa shape index (κ2) is 8.21. The van der Waals surface area contributed by atoms with E-state index >= 15 is 0 Å². The lowest BCUT2D eigenvalue weighted by Gasteiger charge is -2.32. The van der Waals surface area contributed by atoms with Crippen LogP contribution in [-0.2, 0) is 9.59 Å². The van der Waals surface area contributed by atoms with E-state index in [0.717, 1.165) is 11.1 Å². The number of carbonyl (C=O) groups excluding carboxylic acids is 2. The first-order chi connectivity index (χ1) is 11.0. The fraction of sp³-hybridized carbons (Fsp3) is 0.700. The number of aliphatic hydroxyl groups excluding tert-OH is 1. The van der Waals surface area contributed by atoms with Crippen molar-refractivity contribution in [2.24, 2.45) is 17.8 Å². The van der Waals surface area contributed by atoms with Crippen molar-refractivity contribution in [3.8, 4) is 0 Å². The lowest BCUT2D eigenvalue weighted by atomic mass is 9.80. The van der Waals surface area contributed by atoms with Gasteiger partial charge < -0.3 is 10.2 Å². The molecule has 0 heterocycles. The Kier molecular flexibility index (Phi) is 7.11. The van der Waals surface area contributed by atoms with Crippen molar-refractivity contribution in [1.82, 2.24) is 0 Å². The van der Waals surface area contributed by atoms with Crippen molar-refractivity contribution in [1.29, 1.82) is 0 Å². The van der Waals surface area contributed by atoms with Crippen molar-refractivity contribution in [3.63, 3.8) is 0 Å². The summed E-state index contributed by atoms with van der Waals surface area (Å²) in [6, 6.07) is 0. The van der Waals surface area contributed by atoms with Gasteiger partial charge in [0, 0.05) is 11.8 Å². The van der Waals surface area contributed by atoms with Gasteiger partial charge in [-0.25, -0.2) is 0 Å². The summed E-state index contributed by atoms with van der Waals surface area (Å²) in [7, 11) is 0. The molecule has 0 bridgehead atoms. The van der Waals surface area contributed by atoms with E-state index in [0.29, 0.717) is 12.8 Å². The molecule has 4 heteroatoms. The molecule has 0 spiro atoms. The molecule has 0 radical (unpaired) electrons. The zero-order chi connectivity index (χ0) is 18.7. The van der Waals surface area contributed by atoms with Crippen LogP contribution in [0.3, 0.4) is 0 Å². The smallest absolute Gasteiger partial charge is 0.177 e. The monoisotopic (exact) mass is 336 g/mol. The average Bonchev–Trinajstić information content (AvgIpc) is 2.75. The van der Waals surface area contributed by atoms with E-state index in [4.69, 9.17) is 0 Å². The Hall–Kier alpha value is -1.26. The van der Waals surface area contributed by atoms with Gasteiger partial charge >= 0.3 is 0 Å². The fourth-order valence-electron chi connectivity index (χ4n) is 3.32. The van der Waals surface area contributed by atoms with Crippen LogP contribution in [0.4, 0.5) is 0 Å². The average molecular weight is 336 g/mol. The molecule has 1 saturated carbocycles. The van der Waals surface area contributed by atoms with Gasteiger partial charge in [-0.05, 0) is 47.0 Å². The van der Waals surface area contributed by atoms with Crippen LogP contribution in [0.1, 0.15) is 60.8 Å². The minimum atomic E-state index is -1.85. The molecular weight excluding hydrogens is 304 g/mol. The molecule has 1 rings (SSSR count). The van der Waals surface area contributed by atoms with E-state index in [1.54, 1.807) is 13.8 Å². The Bertz CT molecular complexity index is 536. The third-order valence-electron chi connectivity index (χ3n) is 4.83. The first-order valence-electron chi connectivity index (χ1n) is 8.76. The van der Waals surface area contributed by atoms with Crippen LogP contribution in [0, 0.1) is 17.8 Å². The van der Waals surface area contributed by atoms with Gasteiger partial charge in [0.15, 0.2) is 11.4 Å². The van der Waals surface area contributed by atoms with Crippen molar-refractivity contribution in [2.45, 2.75) is 72.5 Å². The van der Waals surface area contributed by atoms with Crippen molar-refractivity contribution in [2.75, 3.05) is 0 Å². The summed E-state index contributed by atoms with van der Waals surface area (Å²) in [5.74, 6) is -2.17. The molecule has 0 aliphatic heterocycles. The van der Waals surface area contributed by atoms with Crippen LogP contribution in [0.5, 0.6) is 0 Å². The molecule has 1 aliphatic rings. The molecule has 0 aromatic rings. The molecule has 0 aromatic heterocycles. The summed E-state index contributed by atoms with van der Waals surface area (Å²) in [6.07, 6.45) is 3.57. The molecule has 1 aliphatic carbocycles. The number of rotatable bonds is 7. The van der Waals surface area contributed by atoms with E-state index in [2.05, 4.69) is 0 Å². The number of carbonyl (C=O) groups is 2. The maximum absolute atomic E-state index is 12.8. The van der Waals surface area contributed by atoms with Crippen LogP contribution < -0.4 is 0 Å². The second-order valence-electron chi connectivity index (χ2n) is 7.78. The standard InChI is InChI=1S/C20H32O4/c1-12(2)7-9-15-11-16(18(22)14(5)6)19(23)20(15,24)17(21)10-8-13(3)4/h7-8,14-17,21,24H,9-11H2,1-6H3/t15-,16?,17-,20-/m1/s1. The van der Waals surface area contributed by atoms with Crippen LogP contribution in [0.15, 0.2) is 23.3 Å². The van der Waals surface area contributed by atoms with Gasteiger partial charge in [-0.15, -0.1) is 0 Å². The highest BCUT2D eigenvalue weighted by atomic mass is 16.4. The van der Waals surface area contributed by atoms with Crippen molar-refractivity contribution in [3.05, 3.63) is 23.3 Å². The first kappa shape index (κ1) is 20.8. The molecular formula is C20H32O4. The summed E-state index contributed by atoms with van der Waals surface area (Å²) in [4.78, 5) is 25.2. The van der Waals surface area contributed by atoms with Crippen molar-refractivity contribution >= 4 is 11.6 Å². The number of aliphatic hydroxyl groups is 2. The normalized spacial score (nSPS) is 28.0. The minimum Gasteiger partial charge on any atom is -0.389 e. The van der Waals surface area contributed by atoms with Gasteiger partial charge in [-0.2, -0.15) is 0 Å². The number of hydrogen-bond donors (Lipinski definition) is 2. The summed E-state index contributed by atoms with van der Waals surface area (Å²) < 4.78 is 0. The van der Waals surface area contributed by atoms with Crippen LogP contribution in [-0.4, -0.2) is 33.5 Å². The molecule has 1 unspecified atom stereocenters. The lowest BCUT2D eigenvalue weighted by Crippen LogP contribution is -2.52. The van der Waals surface area contributed by atoms with Crippen LogP contribution in [0.2, 0.25) is 0 Å². The largest absolute Gasteiger partial charge is 0.389 e. The maximum atomic E-state index is 12.8. The highest BCUT2D eigenvalue weighted by Crippen LogP contribution is 2.43. The quantitative estimate of drug-likeness (QED) is 0.553. The lowest BCUT2D eigenvalue weighted by molar-refractivity contribution is -0.155. The van der Waals surface area contributed by atoms with Crippen LogP contribution >= 0.6 is 0 Å². The fourth-order valence-corrected chi connectivity index (χ4v) is 3.32. The summed E-state index contributed by atoms with van der Waals surface area (Å²) in [5, 5.41) is 21.7. The van der Waals surface area contributed by atoms with Gasteiger partial charge in [0.05, 0.1) is 12.0 Å². The van der Waals surface area contributed by atoms with Gasteiger partial charge in [0.1, 0.15) is 5.78 Å². The molecule has 136 valence electrons. The Morgan fingerprint density at radius 3 is 2.21 bits per heavy atom. The predicted molar refractivity (Wildman–Crippen MR) is 95.5 cm³/mol. The van der Waals surface area contributed by atoms with Gasteiger partial charge in [-0.1, -0.05) is 37.1 Å². The summed E-state index contributed by atoms with van der Waals surface area (Å²) >= 11 is 0. The molecule has 2 N–H and O–H groups in total. The first-order valence-corrected chi connectivity index (χ1v) is 8.76. The molecule has 4 atom stereocenters. The maximum Gasteiger partial charge on any atom is 0.177 e. The molecule has 0 aromatic carbocycles. The van der Waals surface area contributed by atoms with Crippen LogP contribution in [0.25, 0.3) is 0 Å². The van der Waals surface area contributed by atoms with E-state index in [1.807, 2.05) is 39.8 Å². The highest BCUT2D eigenvalue weighted by Gasteiger charge is 2.58. The second-order valence-corrected chi connectivity index (χ2v) is 7.78. The van der Waals surface area contributed by atoms with Gasteiger partial charge in [0.2, 0.25) is 0 Å². The van der Waals surface area contributed by atoms with Gasteiger partial charge in [0.25, 0.3) is 0 Å². The number of Topliss-reactive ketones (excluding diaryl/α,β-unsaturated/α-hetero) is 2. The summed E-state index contributed by atoms with van der Waals surface area (Å²) in [5.41, 5.74) is 0.244. The third kappa shape index (κ3) is 4.42. The third-order valence-corrected chi connectivity index (χ3v) is 4.83. The SMILES string of the molecule is CC(C)=CC[C@@H]1CC(C(=O)C(C)C)C(=O)[C@]1(O)[C@H](O)CC=C(C)C. The molecule has 24 heavy (non-hydrogen) atoms. The van der Waals surface area contributed by atoms with E-state index < -0.39 is 29.3 Å². The highest BCUT2D eigenvalue weighted by molar-refractivity contribution is 6.08. The Labute approximate surface area is 145 Å². The topological polar surface area (TPSA) is 74.6 Å². The van der Waals surface area contributed by atoms with Crippen molar-refractivity contribution < 1.29 is 19.8 Å².